The highest BCUT2D eigenvalue weighted by molar-refractivity contribution is 8.00. The highest BCUT2D eigenvalue weighted by atomic mass is 35.5. The van der Waals surface area contributed by atoms with Crippen molar-refractivity contribution < 1.29 is 0 Å². The van der Waals surface area contributed by atoms with Gasteiger partial charge in [-0.3, -0.25) is 0 Å². The van der Waals surface area contributed by atoms with Crippen LogP contribution in [0, 0.1) is 0 Å². The SMILES string of the molecule is ClCc1cn(CC2Cc3ccccc3S2)cn1. The van der Waals surface area contributed by atoms with Gasteiger partial charge in [0.15, 0.2) is 0 Å². The minimum absolute atomic E-state index is 0.491. The van der Waals surface area contributed by atoms with Crippen molar-refractivity contribution in [2.75, 3.05) is 0 Å². The van der Waals surface area contributed by atoms with Crippen molar-refractivity contribution in [3.8, 4) is 0 Å². The largest absolute Gasteiger partial charge is 0.336 e. The lowest BCUT2D eigenvalue weighted by Gasteiger charge is -2.08. The zero-order valence-electron chi connectivity index (χ0n) is 9.34. The Morgan fingerprint density at radius 3 is 3.06 bits per heavy atom. The Morgan fingerprint density at radius 2 is 2.29 bits per heavy atom. The van der Waals surface area contributed by atoms with Gasteiger partial charge in [0.05, 0.1) is 17.9 Å². The van der Waals surface area contributed by atoms with Gasteiger partial charge in [-0.15, -0.1) is 23.4 Å². The van der Waals surface area contributed by atoms with Crippen LogP contribution < -0.4 is 0 Å². The highest BCUT2D eigenvalue weighted by Gasteiger charge is 2.21. The van der Waals surface area contributed by atoms with E-state index in [0.717, 1.165) is 18.7 Å². The first kappa shape index (κ1) is 11.2. The smallest absolute Gasteiger partial charge is 0.0950 e. The summed E-state index contributed by atoms with van der Waals surface area (Å²) in [5.74, 6) is 0.491. The predicted octanol–water partition coefficient (Wildman–Crippen LogP) is 3.34. The molecule has 1 unspecified atom stereocenters. The molecule has 1 aliphatic heterocycles. The summed E-state index contributed by atoms with van der Waals surface area (Å²) in [6.45, 7) is 1.00. The Balaban J connectivity index is 1.69. The molecule has 17 heavy (non-hydrogen) atoms. The van der Waals surface area contributed by atoms with E-state index in [-0.39, 0.29) is 0 Å². The summed E-state index contributed by atoms with van der Waals surface area (Å²) in [4.78, 5) is 5.67. The van der Waals surface area contributed by atoms with Gasteiger partial charge < -0.3 is 4.57 Å². The highest BCUT2D eigenvalue weighted by Crippen LogP contribution is 2.37. The number of hydrogen-bond acceptors (Lipinski definition) is 2. The lowest BCUT2D eigenvalue weighted by Crippen LogP contribution is -2.10. The van der Waals surface area contributed by atoms with Crippen molar-refractivity contribution in [2.24, 2.45) is 0 Å². The number of thioether (sulfide) groups is 1. The van der Waals surface area contributed by atoms with E-state index >= 15 is 0 Å². The number of halogens is 1. The van der Waals surface area contributed by atoms with E-state index in [9.17, 15) is 0 Å². The van der Waals surface area contributed by atoms with Crippen LogP contribution in [0.1, 0.15) is 11.3 Å². The Labute approximate surface area is 110 Å². The molecule has 1 aromatic heterocycles. The molecule has 0 N–H and O–H groups in total. The second-order valence-corrected chi connectivity index (χ2v) is 5.86. The number of nitrogens with zero attached hydrogens (tertiary/aromatic N) is 2. The summed E-state index contributed by atoms with van der Waals surface area (Å²) >= 11 is 7.72. The Bertz CT molecular complexity index is 499. The molecular weight excluding hydrogens is 252 g/mol. The Hall–Kier alpha value is -0.930. The molecule has 4 heteroatoms. The molecule has 0 saturated heterocycles. The number of rotatable bonds is 3. The van der Waals surface area contributed by atoms with Crippen molar-refractivity contribution in [3.63, 3.8) is 0 Å². The molecule has 0 aliphatic carbocycles. The van der Waals surface area contributed by atoms with Gasteiger partial charge in [0, 0.05) is 22.9 Å². The fourth-order valence-corrected chi connectivity index (χ4v) is 3.63. The first-order chi connectivity index (χ1) is 8.35. The molecule has 0 bridgehead atoms. The fraction of sp³-hybridized carbons (Fsp3) is 0.308. The van der Waals surface area contributed by atoms with Gasteiger partial charge in [0.25, 0.3) is 0 Å². The number of hydrogen-bond donors (Lipinski definition) is 0. The standard InChI is InChI=1S/C13H13ClN2S/c14-6-11-7-16(9-15-11)8-12-5-10-3-1-2-4-13(10)17-12/h1-4,7,9,12H,5-6,8H2. The van der Waals surface area contributed by atoms with Crippen molar-refractivity contribution in [2.45, 2.75) is 29.0 Å². The number of imidazole rings is 1. The molecule has 1 aromatic carbocycles. The maximum atomic E-state index is 5.75. The summed E-state index contributed by atoms with van der Waals surface area (Å²) < 4.78 is 2.14. The molecule has 0 amide bonds. The van der Waals surface area contributed by atoms with Gasteiger partial charge in [-0.05, 0) is 18.1 Å². The van der Waals surface area contributed by atoms with Gasteiger partial charge in [-0.25, -0.2) is 4.98 Å². The Morgan fingerprint density at radius 1 is 1.41 bits per heavy atom. The van der Waals surface area contributed by atoms with Crippen LogP contribution in [0.4, 0.5) is 0 Å². The third-order valence-electron chi connectivity index (χ3n) is 2.95. The van der Waals surface area contributed by atoms with Crippen molar-refractivity contribution in [1.29, 1.82) is 0 Å². The Kier molecular flexibility index (Phi) is 3.12. The minimum Gasteiger partial charge on any atom is -0.336 e. The second-order valence-electron chi connectivity index (χ2n) is 4.25. The maximum absolute atomic E-state index is 5.75. The van der Waals surface area contributed by atoms with Gasteiger partial charge in [-0.1, -0.05) is 18.2 Å². The molecular formula is C13H13ClN2S. The monoisotopic (exact) mass is 264 g/mol. The first-order valence-electron chi connectivity index (χ1n) is 5.66. The molecule has 88 valence electrons. The van der Waals surface area contributed by atoms with Gasteiger partial charge >= 0.3 is 0 Å². The number of alkyl halides is 1. The molecule has 1 aliphatic rings. The summed E-state index contributed by atoms with van der Waals surface area (Å²) in [5.41, 5.74) is 2.42. The van der Waals surface area contributed by atoms with E-state index in [1.807, 2.05) is 24.3 Å². The van der Waals surface area contributed by atoms with Crippen LogP contribution in [-0.2, 0) is 18.8 Å². The van der Waals surface area contributed by atoms with Crippen molar-refractivity contribution >= 4 is 23.4 Å². The normalized spacial score (nSPS) is 18.3. The topological polar surface area (TPSA) is 17.8 Å². The molecule has 0 fully saturated rings. The van der Waals surface area contributed by atoms with Crippen LogP contribution in [0.3, 0.4) is 0 Å². The summed E-state index contributed by atoms with van der Waals surface area (Å²) in [5, 5.41) is 0.616. The lowest BCUT2D eigenvalue weighted by atomic mass is 10.1. The number of fused-ring (bicyclic) bond motifs is 1. The van der Waals surface area contributed by atoms with Gasteiger partial charge in [0.1, 0.15) is 0 Å². The molecule has 2 aromatic rings. The van der Waals surface area contributed by atoms with Crippen molar-refractivity contribution in [3.05, 3.63) is 48.0 Å². The second kappa shape index (κ2) is 4.75. The third-order valence-corrected chi connectivity index (χ3v) is 4.53. The molecule has 3 rings (SSSR count). The molecule has 0 radical (unpaired) electrons. The van der Waals surface area contributed by atoms with Crippen LogP contribution in [0.15, 0.2) is 41.7 Å². The average Bonchev–Trinajstić information content (AvgIpc) is 2.94. The first-order valence-corrected chi connectivity index (χ1v) is 7.08. The fourth-order valence-electron chi connectivity index (χ4n) is 2.17. The van der Waals surface area contributed by atoms with E-state index in [1.54, 1.807) is 0 Å². The zero-order chi connectivity index (χ0) is 11.7. The van der Waals surface area contributed by atoms with Crippen LogP contribution >= 0.6 is 23.4 Å². The molecule has 2 heterocycles. The average molecular weight is 265 g/mol. The van der Waals surface area contributed by atoms with Crippen LogP contribution in [0.2, 0.25) is 0 Å². The number of benzene rings is 1. The van der Waals surface area contributed by atoms with E-state index in [0.29, 0.717) is 11.1 Å². The van der Waals surface area contributed by atoms with E-state index < -0.39 is 0 Å². The summed E-state index contributed by atoms with van der Waals surface area (Å²) in [6, 6.07) is 8.65. The maximum Gasteiger partial charge on any atom is 0.0950 e. The summed E-state index contributed by atoms with van der Waals surface area (Å²) in [7, 11) is 0. The van der Waals surface area contributed by atoms with Crippen LogP contribution in [-0.4, -0.2) is 14.8 Å². The zero-order valence-corrected chi connectivity index (χ0v) is 10.9. The van der Waals surface area contributed by atoms with Crippen LogP contribution in [0.25, 0.3) is 0 Å². The van der Waals surface area contributed by atoms with Crippen molar-refractivity contribution in [1.82, 2.24) is 9.55 Å². The van der Waals surface area contributed by atoms with E-state index in [2.05, 4.69) is 33.8 Å². The minimum atomic E-state index is 0.491. The van der Waals surface area contributed by atoms with Gasteiger partial charge in [-0.2, -0.15) is 0 Å². The van der Waals surface area contributed by atoms with Gasteiger partial charge in [0.2, 0.25) is 0 Å². The van der Waals surface area contributed by atoms with E-state index in [1.165, 1.54) is 10.5 Å². The third kappa shape index (κ3) is 2.35. The molecule has 1 atom stereocenters. The predicted molar refractivity (Wildman–Crippen MR) is 71.6 cm³/mol. The summed E-state index contributed by atoms with van der Waals surface area (Å²) in [6.07, 6.45) is 5.06. The molecule has 2 nitrogen and oxygen atoms in total. The molecule has 0 saturated carbocycles. The number of aromatic nitrogens is 2. The quantitative estimate of drug-likeness (QED) is 0.792. The molecule has 0 spiro atoms. The van der Waals surface area contributed by atoms with E-state index in [4.69, 9.17) is 11.6 Å². The van der Waals surface area contributed by atoms with Crippen LogP contribution in [0.5, 0.6) is 0 Å². The lowest BCUT2D eigenvalue weighted by molar-refractivity contribution is 0.663.